The van der Waals surface area contributed by atoms with E-state index < -0.39 is 0 Å². The van der Waals surface area contributed by atoms with Gasteiger partial charge in [0, 0.05) is 18.1 Å². The number of carbonyl (C=O) groups is 1. The lowest BCUT2D eigenvalue weighted by Crippen LogP contribution is -2.16. The Labute approximate surface area is 144 Å². The third-order valence-corrected chi connectivity index (χ3v) is 4.51. The van der Waals surface area contributed by atoms with Gasteiger partial charge >= 0.3 is 0 Å². The van der Waals surface area contributed by atoms with Crippen LogP contribution in [0, 0.1) is 20.8 Å². The molecule has 0 radical (unpaired) electrons. The molecule has 1 amide bonds. The van der Waals surface area contributed by atoms with Gasteiger partial charge in [0.15, 0.2) is 5.82 Å². The average molecular weight is 341 g/mol. The van der Waals surface area contributed by atoms with Crippen LogP contribution in [-0.4, -0.2) is 31.2 Å². The van der Waals surface area contributed by atoms with Crippen LogP contribution in [0.3, 0.4) is 0 Å². The maximum absolute atomic E-state index is 12.3. The Morgan fingerprint density at radius 2 is 1.92 bits per heavy atom. The molecule has 24 heavy (non-hydrogen) atoms. The quantitative estimate of drug-likeness (QED) is 0.725. The Kier molecular flexibility index (Phi) is 4.71. The Morgan fingerprint density at radius 3 is 2.67 bits per heavy atom. The van der Waals surface area contributed by atoms with Crippen LogP contribution in [0.25, 0.3) is 0 Å². The zero-order valence-corrected chi connectivity index (χ0v) is 14.7. The van der Waals surface area contributed by atoms with E-state index in [1.807, 2.05) is 72.8 Å². The van der Waals surface area contributed by atoms with Gasteiger partial charge in [-0.25, -0.2) is 4.68 Å². The molecule has 0 unspecified atom stereocenters. The van der Waals surface area contributed by atoms with E-state index in [0.717, 1.165) is 22.6 Å². The van der Waals surface area contributed by atoms with Crippen LogP contribution < -0.4 is 5.32 Å². The molecule has 1 aromatic carbocycles. The van der Waals surface area contributed by atoms with Crippen LogP contribution in [0.1, 0.15) is 17.0 Å². The molecule has 0 aliphatic carbocycles. The number of aryl methyl sites for hydroxylation is 3. The first kappa shape index (κ1) is 16.3. The van der Waals surface area contributed by atoms with Gasteiger partial charge in [-0.15, -0.1) is 10.2 Å². The van der Waals surface area contributed by atoms with E-state index in [4.69, 9.17) is 0 Å². The highest BCUT2D eigenvalue weighted by molar-refractivity contribution is 7.99. The van der Waals surface area contributed by atoms with Crippen LogP contribution in [0.2, 0.25) is 0 Å². The Balaban J connectivity index is 1.68. The summed E-state index contributed by atoms with van der Waals surface area (Å²) in [6, 6.07) is 9.87. The van der Waals surface area contributed by atoms with Gasteiger partial charge in [-0.05, 0) is 50.1 Å². The molecule has 2 aromatic heterocycles. The lowest BCUT2D eigenvalue weighted by atomic mass is 10.1. The number of amides is 1. The van der Waals surface area contributed by atoms with Crippen molar-refractivity contribution < 1.29 is 4.79 Å². The highest BCUT2D eigenvalue weighted by Gasteiger charge is 2.13. The molecule has 6 nitrogen and oxygen atoms in total. The topological polar surface area (TPSA) is 64.7 Å². The van der Waals surface area contributed by atoms with Gasteiger partial charge in [-0.3, -0.25) is 9.47 Å². The van der Waals surface area contributed by atoms with Gasteiger partial charge in [0.1, 0.15) is 0 Å². The number of hydrogen-bond donors (Lipinski definition) is 1. The number of rotatable bonds is 5. The molecule has 0 saturated carbocycles. The first-order valence-electron chi connectivity index (χ1n) is 7.60. The number of carbonyl (C=O) groups excluding carboxylic acids is 1. The molecule has 2 heterocycles. The van der Waals surface area contributed by atoms with Crippen LogP contribution in [-0.2, 0) is 4.79 Å². The Bertz CT molecular complexity index is 854. The van der Waals surface area contributed by atoms with Crippen molar-refractivity contribution in [1.29, 1.82) is 0 Å². The van der Waals surface area contributed by atoms with Crippen molar-refractivity contribution in [1.82, 2.24) is 19.5 Å². The SMILES string of the molecule is Cc1ccc(C)c(NC(=O)CSc2nnc(C)n2-n2cccc2)c1. The summed E-state index contributed by atoms with van der Waals surface area (Å²) < 4.78 is 3.76. The van der Waals surface area contributed by atoms with Crippen molar-refractivity contribution in [2.45, 2.75) is 25.9 Å². The largest absolute Gasteiger partial charge is 0.325 e. The van der Waals surface area contributed by atoms with E-state index in [2.05, 4.69) is 15.5 Å². The molecule has 3 rings (SSSR count). The number of thioether (sulfide) groups is 1. The molecule has 7 heteroatoms. The van der Waals surface area contributed by atoms with Crippen molar-refractivity contribution in [2.75, 3.05) is 11.1 Å². The second-order valence-electron chi connectivity index (χ2n) is 5.56. The molecular formula is C17H19N5OS. The third kappa shape index (κ3) is 3.51. The van der Waals surface area contributed by atoms with Crippen LogP contribution >= 0.6 is 11.8 Å². The van der Waals surface area contributed by atoms with E-state index in [1.165, 1.54) is 11.8 Å². The van der Waals surface area contributed by atoms with E-state index in [1.54, 1.807) is 0 Å². The van der Waals surface area contributed by atoms with Crippen molar-refractivity contribution >= 4 is 23.4 Å². The number of aromatic nitrogens is 4. The molecule has 0 spiro atoms. The molecule has 124 valence electrons. The van der Waals surface area contributed by atoms with Gasteiger partial charge in [0.05, 0.1) is 5.75 Å². The second kappa shape index (κ2) is 6.92. The first-order chi connectivity index (χ1) is 11.5. The van der Waals surface area contributed by atoms with Gasteiger partial charge in [-0.1, -0.05) is 23.9 Å². The Morgan fingerprint density at radius 1 is 1.17 bits per heavy atom. The minimum atomic E-state index is -0.0617. The zero-order valence-electron chi connectivity index (χ0n) is 13.9. The molecule has 0 aliphatic heterocycles. The van der Waals surface area contributed by atoms with Crippen LogP contribution in [0.5, 0.6) is 0 Å². The highest BCUT2D eigenvalue weighted by atomic mass is 32.2. The van der Waals surface area contributed by atoms with E-state index in [9.17, 15) is 4.79 Å². The van der Waals surface area contributed by atoms with Gasteiger partial charge < -0.3 is 5.32 Å². The minimum Gasteiger partial charge on any atom is -0.325 e. The van der Waals surface area contributed by atoms with Gasteiger partial charge in [-0.2, -0.15) is 0 Å². The van der Waals surface area contributed by atoms with Gasteiger partial charge in [0.2, 0.25) is 11.1 Å². The summed E-state index contributed by atoms with van der Waals surface area (Å²) in [7, 11) is 0. The first-order valence-corrected chi connectivity index (χ1v) is 8.58. The molecule has 1 N–H and O–H groups in total. The normalized spacial score (nSPS) is 10.8. The third-order valence-electron chi connectivity index (χ3n) is 3.59. The summed E-state index contributed by atoms with van der Waals surface area (Å²) in [6.45, 7) is 5.87. The monoisotopic (exact) mass is 341 g/mol. The van der Waals surface area contributed by atoms with E-state index >= 15 is 0 Å². The van der Waals surface area contributed by atoms with Crippen molar-refractivity contribution in [3.63, 3.8) is 0 Å². The van der Waals surface area contributed by atoms with Crippen molar-refractivity contribution in [3.8, 4) is 0 Å². The van der Waals surface area contributed by atoms with Crippen molar-refractivity contribution in [3.05, 3.63) is 59.7 Å². The fourth-order valence-corrected chi connectivity index (χ4v) is 3.12. The number of hydrogen-bond acceptors (Lipinski definition) is 4. The molecule has 0 bridgehead atoms. The Hall–Kier alpha value is -2.54. The maximum atomic E-state index is 12.3. The fraction of sp³-hybridized carbons (Fsp3) is 0.235. The lowest BCUT2D eigenvalue weighted by molar-refractivity contribution is -0.113. The van der Waals surface area contributed by atoms with Crippen molar-refractivity contribution in [2.24, 2.45) is 0 Å². The molecule has 0 aliphatic rings. The minimum absolute atomic E-state index is 0.0617. The standard InChI is InChI=1S/C17H19N5OS/c1-12-6-7-13(2)15(10-12)18-16(23)11-24-17-20-19-14(3)22(17)21-8-4-5-9-21/h4-10H,11H2,1-3H3,(H,18,23). The number of benzene rings is 1. The van der Waals surface area contributed by atoms with Gasteiger partial charge in [0.25, 0.3) is 0 Å². The molecule has 3 aromatic rings. The summed E-state index contributed by atoms with van der Waals surface area (Å²) in [5.74, 6) is 0.976. The number of anilines is 1. The summed E-state index contributed by atoms with van der Waals surface area (Å²) in [5, 5.41) is 11.9. The van der Waals surface area contributed by atoms with Crippen LogP contribution in [0.15, 0.2) is 47.9 Å². The van der Waals surface area contributed by atoms with E-state index in [0.29, 0.717) is 5.16 Å². The highest BCUT2D eigenvalue weighted by Crippen LogP contribution is 2.20. The summed E-state index contributed by atoms with van der Waals surface area (Å²) in [6.07, 6.45) is 3.83. The maximum Gasteiger partial charge on any atom is 0.234 e. The molecule has 0 fully saturated rings. The fourth-order valence-electron chi connectivity index (χ4n) is 2.34. The smallest absolute Gasteiger partial charge is 0.234 e. The van der Waals surface area contributed by atoms with Crippen LogP contribution in [0.4, 0.5) is 5.69 Å². The molecule has 0 atom stereocenters. The molecule has 0 saturated heterocycles. The summed E-state index contributed by atoms with van der Waals surface area (Å²) in [5.41, 5.74) is 3.01. The second-order valence-corrected chi connectivity index (χ2v) is 6.50. The van der Waals surface area contributed by atoms with E-state index in [-0.39, 0.29) is 11.7 Å². The number of nitrogens with zero attached hydrogens (tertiary/aromatic N) is 4. The number of nitrogens with one attached hydrogen (secondary N) is 1. The predicted octanol–water partition coefficient (Wildman–Crippen LogP) is 3.05. The molecular weight excluding hydrogens is 322 g/mol. The predicted molar refractivity (Wildman–Crippen MR) is 95.3 cm³/mol. The zero-order chi connectivity index (χ0) is 17.1. The lowest BCUT2D eigenvalue weighted by Gasteiger charge is -2.10. The summed E-state index contributed by atoms with van der Waals surface area (Å²) in [4.78, 5) is 12.3. The average Bonchev–Trinajstić information content (AvgIpc) is 3.18. The summed E-state index contributed by atoms with van der Waals surface area (Å²) >= 11 is 1.36.